The summed E-state index contributed by atoms with van der Waals surface area (Å²) in [6.07, 6.45) is 6.13. The van der Waals surface area contributed by atoms with Crippen molar-refractivity contribution in [2.45, 2.75) is 71.0 Å². The van der Waals surface area contributed by atoms with Crippen molar-refractivity contribution in [2.75, 3.05) is 23.4 Å². The van der Waals surface area contributed by atoms with Crippen molar-refractivity contribution in [3.8, 4) is 0 Å². The van der Waals surface area contributed by atoms with E-state index in [0.29, 0.717) is 30.3 Å². The predicted octanol–water partition coefficient (Wildman–Crippen LogP) is 5.51. The van der Waals surface area contributed by atoms with Crippen LogP contribution in [0.5, 0.6) is 0 Å². The van der Waals surface area contributed by atoms with Gasteiger partial charge in [0, 0.05) is 6.42 Å². The zero-order valence-electron chi connectivity index (χ0n) is 24.2. The molecule has 5 rings (SSSR count). The van der Waals surface area contributed by atoms with Gasteiger partial charge in [-0.25, -0.2) is 0 Å². The fraction of sp³-hybridized carbons (Fsp3) is 0.424. The summed E-state index contributed by atoms with van der Waals surface area (Å²) in [5.74, 6) is -0.118. The van der Waals surface area contributed by atoms with Crippen molar-refractivity contribution in [2.24, 2.45) is 5.92 Å². The number of carbonyl (C=O) groups is 3. The third kappa shape index (κ3) is 6.57. The van der Waals surface area contributed by atoms with E-state index >= 15 is 0 Å². The van der Waals surface area contributed by atoms with E-state index in [-0.39, 0.29) is 36.7 Å². The first-order valence-corrected chi connectivity index (χ1v) is 14.5. The van der Waals surface area contributed by atoms with Crippen molar-refractivity contribution in [1.82, 2.24) is 10.6 Å². The molecule has 1 heterocycles. The lowest BCUT2D eigenvalue weighted by Crippen LogP contribution is -2.55. The fourth-order valence-corrected chi connectivity index (χ4v) is 6.08. The second-order valence-corrected chi connectivity index (χ2v) is 11.3. The zero-order chi connectivity index (χ0) is 28.2. The van der Waals surface area contributed by atoms with Crippen LogP contribution in [0.2, 0.25) is 0 Å². The number of nitrogens with zero attached hydrogens (tertiary/aromatic N) is 2. The molecule has 0 saturated heterocycles. The van der Waals surface area contributed by atoms with Crippen molar-refractivity contribution < 1.29 is 14.4 Å². The van der Waals surface area contributed by atoms with Gasteiger partial charge in [-0.05, 0) is 73.7 Å². The number of nitrogens with one attached hydrogen (secondary N) is 2. The lowest BCUT2D eigenvalue weighted by Gasteiger charge is -2.28. The molecule has 0 spiro atoms. The van der Waals surface area contributed by atoms with Gasteiger partial charge in [-0.3, -0.25) is 14.4 Å². The number of anilines is 2. The molecule has 0 bridgehead atoms. The first-order valence-electron chi connectivity index (χ1n) is 14.5. The number of hydrogen-bond donors (Lipinski definition) is 2. The molecule has 3 aromatic carbocycles. The van der Waals surface area contributed by atoms with Crippen LogP contribution in [0.1, 0.15) is 56.6 Å². The predicted molar refractivity (Wildman–Crippen MR) is 168 cm³/mol. The summed E-state index contributed by atoms with van der Waals surface area (Å²) in [4.78, 5) is 44.7. The van der Waals surface area contributed by atoms with E-state index in [1.54, 1.807) is 23.8 Å². The second kappa shape index (κ2) is 13.5. The SMILES string of the molecule is CNC(C)C(=O)NC1CN(C(=O)CC2CCCCC2)c2ccccc2N(Cc2c(C)ccc3ccccc23)C1=O.Cl. The van der Waals surface area contributed by atoms with Crippen LogP contribution in [0.3, 0.4) is 0 Å². The lowest BCUT2D eigenvalue weighted by molar-refractivity contribution is -0.128. The summed E-state index contributed by atoms with van der Waals surface area (Å²) in [6.45, 7) is 4.26. The van der Waals surface area contributed by atoms with Crippen LogP contribution in [0.4, 0.5) is 11.4 Å². The molecule has 1 fully saturated rings. The van der Waals surface area contributed by atoms with Crippen molar-refractivity contribution in [3.63, 3.8) is 0 Å². The third-order valence-electron chi connectivity index (χ3n) is 8.62. The van der Waals surface area contributed by atoms with Crippen LogP contribution in [0.25, 0.3) is 10.8 Å². The van der Waals surface area contributed by atoms with E-state index in [1.807, 2.05) is 36.4 Å². The quantitative estimate of drug-likeness (QED) is 0.388. The molecule has 1 aliphatic heterocycles. The summed E-state index contributed by atoms with van der Waals surface area (Å²) in [5.41, 5.74) is 3.54. The van der Waals surface area contributed by atoms with Crippen LogP contribution < -0.4 is 20.4 Å². The Morgan fingerprint density at radius 2 is 1.63 bits per heavy atom. The number of amides is 3. The van der Waals surface area contributed by atoms with Crippen LogP contribution in [-0.2, 0) is 20.9 Å². The number of hydrogen-bond acceptors (Lipinski definition) is 4. The molecule has 2 aliphatic rings. The molecule has 2 atom stereocenters. The molecule has 1 aliphatic carbocycles. The monoisotopic (exact) mass is 576 g/mol. The highest BCUT2D eigenvalue weighted by Gasteiger charge is 2.38. The number of rotatable bonds is 7. The molecule has 218 valence electrons. The van der Waals surface area contributed by atoms with Gasteiger partial charge >= 0.3 is 0 Å². The van der Waals surface area contributed by atoms with E-state index in [4.69, 9.17) is 0 Å². The van der Waals surface area contributed by atoms with Gasteiger partial charge in [-0.15, -0.1) is 12.4 Å². The Morgan fingerprint density at radius 3 is 2.37 bits per heavy atom. The maximum absolute atomic E-state index is 14.3. The van der Waals surface area contributed by atoms with Gasteiger partial charge in [0.1, 0.15) is 6.04 Å². The molecule has 0 aromatic heterocycles. The van der Waals surface area contributed by atoms with E-state index in [9.17, 15) is 14.4 Å². The van der Waals surface area contributed by atoms with Crippen LogP contribution in [0.15, 0.2) is 60.7 Å². The number of likely N-dealkylation sites (N-methyl/N-ethyl adjacent to an activating group) is 1. The number of benzene rings is 3. The number of aryl methyl sites for hydroxylation is 1. The Kier molecular flexibility index (Phi) is 10.1. The van der Waals surface area contributed by atoms with Crippen molar-refractivity contribution in [3.05, 3.63) is 71.8 Å². The van der Waals surface area contributed by atoms with Crippen molar-refractivity contribution in [1.29, 1.82) is 0 Å². The standard InChI is InChI=1S/C33H40N4O3.ClH/c1-22-17-18-25-13-7-8-14-26(25)27(22)20-37-30-16-10-9-15-29(30)36(31(38)19-24-11-5-4-6-12-24)21-28(33(37)40)35-32(39)23(2)34-3;/h7-10,13-18,23-24,28,34H,4-6,11-12,19-21H2,1-3H3,(H,35,39);1H. The summed E-state index contributed by atoms with van der Waals surface area (Å²) in [7, 11) is 1.71. The highest BCUT2D eigenvalue weighted by molar-refractivity contribution is 6.08. The van der Waals surface area contributed by atoms with Gasteiger partial charge in [0.05, 0.1) is 30.5 Å². The Balaban J connectivity index is 0.00000387. The Morgan fingerprint density at radius 1 is 0.951 bits per heavy atom. The largest absolute Gasteiger partial charge is 0.341 e. The van der Waals surface area contributed by atoms with E-state index in [0.717, 1.165) is 47.6 Å². The summed E-state index contributed by atoms with van der Waals surface area (Å²) >= 11 is 0. The van der Waals surface area contributed by atoms with Crippen LogP contribution >= 0.6 is 12.4 Å². The molecular weight excluding hydrogens is 536 g/mol. The zero-order valence-corrected chi connectivity index (χ0v) is 25.0. The number of fused-ring (bicyclic) bond motifs is 2. The molecule has 1 saturated carbocycles. The molecule has 0 radical (unpaired) electrons. The van der Waals surface area contributed by atoms with E-state index in [1.165, 1.54) is 6.42 Å². The fourth-order valence-electron chi connectivity index (χ4n) is 6.08. The highest BCUT2D eigenvalue weighted by Crippen LogP contribution is 2.37. The van der Waals surface area contributed by atoms with E-state index in [2.05, 4.69) is 41.8 Å². The Hall–Kier alpha value is -3.42. The lowest BCUT2D eigenvalue weighted by atomic mass is 9.86. The van der Waals surface area contributed by atoms with Gasteiger partial charge in [-0.2, -0.15) is 0 Å². The topological polar surface area (TPSA) is 81.8 Å². The van der Waals surface area contributed by atoms with E-state index < -0.39 is 12.1 Å². The van der Waals surface area contributed by atoms with Gasteiger partial charge in [0.25, 0.3) is 5.91 Å². The number of carbonyl (C=O) groups excluding carboxylic acids is 3. The minimum Gasteiger partial charge on any atom is -0.341 e. The van der Waals surface area contributed by atoms with Crippen LogP contribution in [0, 0.1) is 12.8 Å². The Labute approximate surface area is 249 Å². The van der Waals surface area contributed by atoms with Crippen molar-refractivity contribution >= 4 is 52.3 Å². The number of halogens is 1. The molecular formula is C33H41ClN4O3. The summed E-state index contributed by atoms with van der Waals surface area (Å²) in [5, 5.41) is 8.11. The number of para-hydroxylation sites is 2. The minimum atomic E-state index is -0.874. The minimum absolute atomic E-state index is 0. The molecule has 8 heteroatoms. The normalized spacial score (nSPS) is 18.3. The first-order chi connectivity index (χ1) is 19.4. The molecule has 7 nitrogen and oxygen atoms in total. The second-order valence-electron chi connectivity index (χ2n) is 11.3. The molecule has 41 heavy (non-hydrogen) atoms. The summed E-state index contributed by atoms with van der Waals surface area (Å²) in [6, 6.07) is 18.7. The average molecular weight is 577 g/mol. The van der Waals surface area contributed by atoms with Gasteiger partial charge in [0.15, 0.2) is 0 Å². The first kappa shape index (κ1) is 30.5. The molecule has 2 unspecified atom stereocenters. The van der Waals surface area contributed by atoms with Gasteiger partial charge in [-0.1, -0.05) is 67.8 Å². The van der Waals surface area contributed by atoms with Gasteiger partial charge in [0.2, 0.25) is 11.8 Å². The molecule has 3 aromatic rings. The maximum Gasteiger partial charge on any atom is 0.251 e. The highest BCUT2D eigenvalue weighted by atomic mass is 35.5. The molecule has 2 N–H and O–H groups in total. The van der Waals surface area contributed by atoms with Gasteiger partial charge < -0.3 is 20.4 Å². The summed E-state index contributed by atoms with van der Waals surface area (Å²) < 4.78 is 0. The third-order valence-corrected chi connectivity index (χ3v) is 8.62. The molecule has 3 amide bonds. The smallest absolute Gasteiger partial charge is 0.251 e. The average Bonchev–Trinajstić information content (AvgIpc) is 3.09. The Bertz CT molecular complexity index is 1400. The van der Waals surface area contributed by atoms with Crippen LogP contribution in [-0.4, -0.2) is 43.4 Å². The maximum atomic E-state index is 14.3.